The van der Waals surface area contributed by atoms with E-state index in [9.17, 15) is 8.42 Å². The number of sulfonamides is 1. The van der Waals surface area contributed by atoms with Crippen molar-refractivity contribution in [3.05, 3.63) is 68.5 Å². The predicted molar refractivity (Wildman–Crippen MR) is 121 cm³/mol. The highest BCUT2D eigenvalue weighted by Crippen LogP contribution is 2.46. The average Bonchev–Trinajstić information content (AvgIpc) is 3.09. The number of methoxy groups -OCH3 is 2. The lowest BCUT2D eigenvalue weighted by Crippen LogP contribution is -2.41. The zero-order valence-corrected chi connectivity index (χ0v) is 20.3. The van der Waals surface area contributed by atoms with Crippen molar-refractivity contribution in [2.45, 2.75) is 31.2 Å². The highest BCUT2D eigenvalue weighted by Gasteiger charge is 2.42. The van der Waals surface area contributed by atoms with Crippen molar-refractivity contribution in [3.63, 3.8) is 0 Å². The summed E-state index contributed by atoms with van der Waals surface area (Å²) >= 11 is 12.6. The van der Waals surface area contributed by atoms with Crippen LogP contribution in [0.5, 0.6) is 11.5 Å². The number of aromatic nitrogens is 1. The molecule has 0 saturated heterocycles. The molecule has 1 aliphatic heterocycles. The van der Waals surface area contributed by atoms with Gasteiger partial charge in [-0.15, -0.1) is 0 Å². The Hall–Kier alpha value is -2.26. The second kappa shape index (κ2) is 8.59. The number of ether oxygens (including phenoxy) is 2. The van der Waals surface area contributed by atoms with Crippen LogP contribution in [0.4, 0.5) is 0 Å². The van der Waals surface area contributed by atoms with Gasteiger partial charge in [0.1, 0.15) is 22.1 Å². The molecule has 0 bridgehead atoms. The lowest BCUT2D eigenvalue weighted by molar-refractivity contribution is 0.323. The summed E-state index contributed by atoms with van der Waals surface area (Å²) < 4.78 is 45.4. The summed E-state index contributed by atoms with van der Waals surface area (Å²) in [6.45, 7) is 3.42. The molecule has 1 aliphatic rings. The molecule has 2 aromatic carbocycles. The van der Waals surface area contributed by atoms with Crippen LogP contribution in [0.3, 0.4) is 0 Å². The van der Waals surface area contributed by atoms with E-state index in [1.165, 1.54) is 4.31 Å². The highest BCUT2D eigenvalue weighted by molar-refractivity contribution is 7.89. The zero-order valence-electron chi connectivity index (χ0n) is 18.0. The number of hydrogen-bond donors (Lipinski definition) is 0. The molecule has 3 aromatic rings. The Morgan fingerprint density at radius 2 is 1.75 bits per heavy atom. The van der Waals surface area contributed by atoms with E-state index in [4.69, 9.17) is 37.2 Å². The summed E-state index contributed by atoms with van der Waals surface area (Å²) in [6.07, 6.45) is 0.469. The van der Waals surface area contributed by atoms with E-state index in [1.54, 1.807) is 52.3 Å². The molecule has 0 saturated carbocycles. The van der Waals surface area contributed by atoms with E-state index in [-0.39, 0.29) is 17.2 Å². The van der Waals surface area contributed by atoms with Gasteiger partial charge < -0.3 is 14.0 Å². The van der Waals surface area contributed by atoms with E-state index in [2.05, 4.69) is 5.16 Å². The number of fused-ring (bicyclic) bond motifs is 1. The fourth-order valence-electron chi connectivity index (χ4n) is 4.25. The first kappa shape index (κ1) is 22.9. The van der Waals surface area contributed by atoms with E-state index in [1.807, 2.05) is 6.07 Å². The largest absolute Gasteiger partial charge is 0.497 e. The summed E-state index contributed by atoms with van der Waals surface area (Å²) in [7, 11) is -0.866. The molecule has 1 atom stereocenters. The lowest BCUT2D eigenvalue weighted by Gasteiger charge is -2.37. The molecule has 0 amide bonds. The normalized spacial score (nSPS) is 16.6. The molecule has 170 valence electrons. The van der Waals surface area contributed by atoms with Crippen molar-refractivity contribution in [3.8, 4) is 11.5 Å². The van der Waals surface area contributed by atoms with Gasteiger partial charge in [-0.05, 0) is 55.7 Å². The molecular weight excluding hydrogens is 475 g/mol. The number of halogens is 2. The van der Waals surface area contributed by atoms with Crippen molar-refractivity contribution >= 4 is 33.2 Å². The second-order valence-electron chi connectivity index (χ2n) is 7.53. The van der Waals surface area contributed by atoms with Gasteiger partial charge in [-0.25, -0.2) is 8.42 Å². The Bertz CT molecular complexity index is 1230. The van der Waals surface area contributed by atoms with E-state index < -0.39 is 16.1 Å². The topological polar surface area (TPSA) is 81.9 Å². The van der Waals surface area contributed by atoms with Crippen LogP contribution in [-0.4, -0.2) is 38.6 Å². The Labute approximate surface area is 196 Å². The first-order chi connectivity index (χ1) is 15.2. The van der Waals surface area contributed by atoms with Gasteiger partial charge in [0.05, 0.1) is 20.3 Å². The maximum absolute atomic E-state index is 13.9. The summed E-state index contributed by atoms with van der Waals surface area (Å²) in [4.78, 5) is 0.0616. The van der Waals surface area contributed by atoms with Gasteiger partial charge in [-0.1, -0.05) is 28.4 Å². The highest BCUT2D eigenvalue weighted by atomic mass is 35.5. The maximum atomic E-state index is 13.9. The number of hydrogen-bond acceptors (Lipinski definition) is 6. The van der Waals surface area contributed by atoms with E-state index in [0.717, 1.165) is 5.56 Å². The maximum Gasteiger partial charge on any atom is 0.249 e. The van der Waals surface area contributed by atoms with Crippen LogP contribution < -0.4 is 9.47 Å². The number of nitrogens with zero attached hydrogens (tertiary/aromatic N) is 2. The monoisotopic (exact) mass is 496 g/mol. The molecule has 0 aliphatic carbocycles. The quantitative estimate of drug-likeness (QED) is 0.496. The molecule has 1 aromatic heterocycles. The van der Waals surface area contributed by atoms with E-state index >= 15 is 0 Å². The second-order valence-corrected chi connectivity index (χ2v) is 10.2. The summed E-state index contributed by atoms with van der Waals surface area (Å²) in [5.41, 5.74) is 2.57. The SMILES string of the molecule is COc1cc2c(c(OC)c1)C(c1cc(Cl)cc(Cl)c1)N(S(=O)(=O)c1c(C)noc1C)CC2. The number of rotatable bonds is 5. The minimum absolute atomic E-state index is 0.0616. The van der Waals surface area contributed by atoms with Gasteiger partial charge in [-0.3, -0.25) is 0 Å². The molecule has 0 spiro atoms. The lowest BCUT2D eigenvalue weighted by atomic mass is 9.88. The summed E-state index contributed by atoms with van der Waals surface area (Å²) in [5.74, 6) is 1.38. The Balaban J connectivity index is 2.00. The first-order valence-electron chi connectivity index (χ1n) is 9.83. The van der Waals surface area contributed by atoms with Crippen LogP contribution in [0.2, 0.25) is 10.0 Å². The molecule has 1 unspecified atom stereocenters. The first-order valence-corrected chi connectivity index (χ1v) is 12.0. The van der Waals surface area contributed by atoms with Gasteiger partial charge >= 0.3 is 0 Å². The minimum Gasteiger partial charge on any atom is -0.497 e. The fourth-order valence-corrected chi connectivity index (χ4v) is 6.67. The number of aryl methyl sites for hydroxylation is 2. The number of benzene rings is 2. The molecular formula is C22H22Cl2N2O5S. The van der Waals surface area contributed by atoms with Crippen LogP contribution in [-0.2, 0) is 16.4 Å². The van der Waals surface area contributed by atoms with E-state index in [0.29, 0.717) is 44.8 Å². The fraction of sp³-hybridized carbons (Fsp3) is 0.318. The molecule has 4 rings (SSSR count). The zero-order chi connectivity index (χ0) is 23.2. The third kappa shape index (κ3) is 3.85. The third-order valence-electron chi connectivity index (χ3n) is 5.55. The van der Waals surface area contributed by atoms with Crippen LogP contribution in [0.15, 0.2) is 39.8 Å². The van der Waals surface area contributed by atoms with Gasteiger partial charge in [0.2, 0.25) is 10.0 Å². The Kier molecular flexibility index (Phi) is 6.15. The molecule has 0 N–H and O–H groups in total. The standard InChI is InChI=1S/C22H22Cl2N2O5S/c1-12-22(13(2)31-25-12)32(27,28)26-6-5-14-9-18(29-3)11-19(30-4)20(14)21(26)15-7-16(23)10-17(24)8-15/h7-11,21H,5-6H2,1-4H3. The van der Waals surface area contributed by atoms with Crippen LogP contribution in [0, 0.1) is 13.8 Å². The average molecular weight is 497 g/mol. The molecule has 32 heavy (non-hydrogen) atoms. The third-order valence-corrected chi connectivity index (χ3v) is 8.10. The van der Waals surface area contributed by atoms with Crippen molar-refractivity contribution in [1.82, 2.24) is 9.46 Å². The smallest absolute Gasteiger partial charge is 0.249 e. The van der Waals surface area contributed by atoms with Crippen molar-refractivity contribution in [2.75, 3.05) is 20.8 Å². The van der Waals surface area contributed by atoms with Gasteiger partial charge in [0.25, 0.3) is 0 Å². The Morgan fingerprint density at radius 3 is 2.31 bits per heavy atom. The Morgan fingerprint density at radius 1 is 1.06 bits per heavy atom. The van der Waals surface area contributed by atoms with Crippen molar-refractivity contribution in [2.24, 2.45) is 0 Å². The van der Waals surface area contributed by atoms with Gasteiger partial charge in [-0.2, -0.15) is 4.31 Å². The van der Waals surface area contributed by atoms with Crippen molar-refractivity contribution in [1.29, 1.82) is 0 Å². The van der Waals surface area contributed by atoms with Gasteiger partial charge in [0, 0.05) is 28.2 Å². The van der Waals surface area contributed by atoms with Crippen molar-refractivity contribution < 1.29 is 22.4 Å². The minimum atomic E-state index is -3.98. The summed E-state index contributed by atoms with van der Waals surface area (Å²) in [5, 5.41) is 4.65. The molecule has 0 radical (unpaired) electrons. The van der Waals surface area contributed by atoms with Crippen LogP contribution in [0.25, 0.3) is 0 Å². The summed E-state index contributed by atoms with van der Waals surface area (Å²) in [6, 6.07) is 7.95. The molecule has 2 heterocycles. The van der Waals surface area contributed by atoms with Crippen LogP contribution in [0.1, 0.15) is 34.2 Å². The molecule has 0 fully saturated rings. The predicted octanol–water partition coefficient (Wildman–Crippen LogP) is 4.95. The molecule has 7 nitrogen and oxygen atoms in total. The molecule has 10 heteroatoms. The van der Waals surface area contributed by atoms with Crippen LogP contribution >= 0.6 is 23.2 Å². The van der Waals surface area contributed by atoms with Gasteiger partial charge in [0.15, 0.2) is 5.76 Å².